The highest BCUT2D eigenvalue weighted by Crippen LogP contribution is 2.60. The van der Waals surface area contributed by atoms with Crippen LogP contribution in [0.4, 0.5) is 0 Å². The summed E-state index contributed by atoms with van der Waals surface area (Å²) in [6.45, 7) is 0. The van der Waals surface area contributed by atoms with Crippen molar-refractivity contribution in [3.63, 3.8) is 0 Å². The van der Waals surface area contributed by atoms with Crippen LogP contribution in [0.15, 0.2) is 352 Å². The number of hydrogen-bond acceptors (Lipinski definition) is 2. The zero-order chi connectivity index (χ0) is 58.4. The Bertz CT molecular complexity index is 4420. The lowest BCUT2D eigenvalue weighted by Crippen LogP contribution is -2.30. The SMILES string of the molecule is c1ccc(C(=C(c2cccc(C3(c4ccccn4)c4cc(-c5ccccc5)ccc4-c4ccc(-c5ccccc5)cc43)c2)c2cccc(C3(c4ccccn4)c4cc(-c5ccccc5)ccc4-c4ccc(-c5ccccc5)cc43)c2)c2ccccc2)cc1. The molecule has 0 radical (unpaired) electrons. The van der Waals surface area contributed by atoms with E-state index < -0.39 is 10.8 Å². The van der Waals surface area contributed by atoms with Gasteiger partial charge in [-0.15, -0.1) is 0 Å². The highest BCUT2D eigenvalue weighted by Gasteiger charge is 2.50. The molecule has 0 saturated heterocycles. The van der Waals surface area contributed by atoms with Crippen molar-refractivity contribution in [3.05, 3.63) is 419 Å². The topological polar surface area (TPSA) is 25.8 Å². The molecule has 0 fully saturated rings. The molecule has 0 spiro atoms. The molecule has 12 aromatic carbocycles. The van der Waals surface area contributed by atoms with Crippen molar-refractivity contribution in [3.8, 4) is 66.8 Å². The lowest BCUT2D eigenvalue weighted by Gasteiger charge is -2.34. The Labute approximate surface area is 514 Å². The third-order valence-electron chi connectivity index (χ3n) is 18.3. The highest BCUT2D eigenvalue weighted by atomic mass is 14.7. The molecule has 2 aliphatic rings. The van der Waals surface area contributed by atoms with Crippen molar-refractivity contribution in [1.82, 2.24) is 9.97 Å². The van der Waals surface area contributed by atoms with Gasteiger partial charge >= 0.3 is 0 Å². The minimum Gasteiger partial charge on any atom is -0.260 e. The molecule has 2 heterocycles. The van der Waals surface area contributed by atoms with Gasteiger partial charge in [-0.1, -0.05) is 279 Å². The zero-order valence-electron chi connectivity index (χ0n) is 48.4. The van der Waals surface area contributed by atoms with Crippen LogP contribution in [0.1, 0.15) is 67.0 Å². The molecule has 0 saturated carbocycles. The van der Waals surface area contributed by atoms with Gasteiger partial charge in [0.05, 0.1) is 22.2 Å². The first-order valence-corrected chi connectivity index (χ1v) is 30.3. The van der Waals surface area contributed by atoms with E-state index in [2.05, 4.69) is 328 Å². The van der Waals surface area contributed by atoms with E-state index in [0.717, 1.165) is 78.2 Å². The molecule has 2 heteroatoms. The fourth-order valence-electron chi connectivity index (χ4n) is 14.5. The molecular formula is C86H58N2. The maximum absolute atomic E-state index is 5.44. The number of pyridine rings is 2. The molecule has 0 atom stereocenters. The predicted octanol–water partition coefficient (Wildman–Crippen LogP) is 20.9. The predicted molar refractivity (Wildman–Crippen MR) is 363 cm³/mol. The molecule has 0 N–H and O–H groups in total. The van der Waals surface area contributed by atoms with Gasteiger partial charge in [0.25, 0.3) is 0 Å². The van der Waals surface area contributed by atoms with Crippen molar-refractivity contribution >= 4 is 11.1 Å². The van der Waals surface area contributed by atoms with Crippen molar-refractivity contribution in [2.24, 2.45) is 0 Å². The van der Waals surface area contributed by atoms with E-state index in [1.54, 1.807) is 0 Å². The Kier molecular flexibility index (Phi) is 13.0. The number of nitrogens with zero attached hydrogens (tertiary/aromatic N) is 2. The van der Waals surface area contributed by atoms with Crippen molar-refractivity contribution in [2.75, 3.05) is 0 Å². The molecule has 0 bridgehead atoms. The van der Waals surface area contributed by atoms with Crippen LogP contribution in [-0.4, -0.2) is 9.97 Å². The maximum Gasteiger partial charge on any atom is 0.0886 e. The summed E-state index contributed by atoms with van der Waals surface area (Å²) < 4.78 is 0. The molecule has 0 aliphatic heterocycles. The first kappa shape index (κ1) is 52.3. The number of rotatable bonds is 12. The van der Waals surface area contributed by atoms with Gasteiger partial charge in [-0.3, -0.25) is 9.97 Å². The molecule has 2 aliphatic carbocycles. The van der Waals surface area contributed by atoms with E-state index in [-0.39, 0.29) is 0 Å². The van der Waals surface area contributed by atoms with Crippen LogP contribution in [-0.2, 0) is 10.8 Å². The quantitative estimate of drug-likeness (QED) is 0.114. The van der Waals surface area contributed by atoms with Crippen LogP contribution in [0, 0.1) is 0 Å². The monoisotopic (exact) mass is 1120 g/mol. The summed E-state index contributed by atoms with van der Waals surface area (Å²) in [6, 6.07) is 125. The molecule has 412 valence electrons. The second-order valence-electron chi connectivity index (χ2n) is 23.1. The molecule has 0 amide bonds. The minimum atomic E-state index is -0.850. The summed E-state index contributed by atoms with van der Waals surface area (Å²) >= 11 is 0. The number of hydrogen-bond donors (Lipinski definition) is 0. The summed E-state index contributed by atoms with van der Waals surface area (Å²) in [5.41, 5.74) is 28.0. The molecule has 16 rings (SSSR count). The first-order valence-electron chi connectivity index (χ1n) is 30.3. The number of aromatic nitrogens is 2. The summed E-state index contributed by atoms with van der Waals surface area (Å²) in [5, 5.41) is 0. The van der Waals surface area contributed by atoms with Gasteiger partial charge in [0.1, 0.15) is 0 Å². The van der Waals surface area contributed by atoms with E-state index in [4.69, 9.17) is 9.97 Å². The first-order chi connectivity index (χ1) is 43.6. The standard InChI is InChI=1S/C86H58N2/c1-7-25-59(26-8-1)65-43-47-73-74-48-44-66(60-27-9-2-10-28-60)56-78(74)85(77(73)55-65,81-41-19-21-51-87-81)71-39-23-37-69(53-71)84(83(63-33-15-5-16-34-63)64-35-17-6-18-36-64)70-38-24-40-72(54-70)86(82-42-20-22-52-88-82)79-57-67(61-29-11-3-12-30-61)45-49-75(79)76-50-46-68(58-80(76)86)62-31-13-4-14-32-62/h1-58H. The van der Waals surface area contributed by atoms with Crippen molar-refractivity contribution in [2.45, 2.75) is 10.8 Å². The van der Waals surface area contributed by atoms with E-state index in [9.17, 15) is 0 Å². The van der Waals surface area contributed by atoms with Gasteiger partial charge in [0, 0.05) is 12.4 Å². The summed E-state index contributed by atoms with van der Waals surface area (Å²) in [5.74, 6) is 0. The van der Waals surface area contributed by atoms with Gasteiger partial charge in [-0.2, -0.15) is 0 Å². The van der Waals surface area contributed by atoms with Gasteiger partial charge in [0.2, 0.25) is 0 Å². The summed E-state index contributed by atoms with van der Waals surface area (Å²) in [6.07, 6.45) is 3.92. The second kappa shape index (κ2) is 21.9. The van der Waals surface area contributed by atoms with Gasteiger partial charge in [0.15, 0.2) is 0 Å². The molecular weight excluding hydrogens is 1060 g/mol. The highest BCUT2D eigenvalue weighted by molar-refractivity contribution is 6.05. The molecule has 88 heavy (non-hydrogen) atoms. The Morgan fingerprint density at radius 2 is 0.477 bits per heavy atom. The third-order valence-corrected chi connectivity index (χ3v) is 18.3. The smallest absolute Gasteiger partial charge is 0.0886 e. The van der Waals surface area contributed by atoms with Crippen LogP contribution in [0.3, 0.4) is 0 Å². The lowest BCUT2D eigenvalue weighted by atomic mass is 9.68. The Morgan fingerprint density at radius 3 is 0.773 bits per heavy atom. The molecule has 2 nitrogen and oxygen atoms in total. The fourth-order valence-corrected chi connectivity index (χ4v) is 14.5. The summed E-state index contributed by atoms with van der Waals surface area (Å²) in [7, 11) is 0. The average Bonchev–Trinajstić information content (AvgIpc) is 1.73. The van der Waals surface area contributed by atoms with Crippen molar-refractivity contribution < 1.29 is 0 Å². The number of benzene rings is 12. The van der Waals surface area contributed by atoms with Crippen LogP contribution in [0.25, 0.3) is 77.9 Å². The minimum absolute atomic E-state index is 0.850. The van der Waals surface area contributed by atoms with Crippen LogP contribution < -0.4 is 0 Å². The van der Waals surface area contributed by atoms with E-state index in [0.29, 0.717) is 0 Å². The normalized spacial score (nSPS) is 13.0. The van der Waals surface area contributed by atoms with E-state index in [1.807, 2.05) is 24.5 Å². The largest absolute Gasteiger partial charge is 0.260 e. The van der Waals surface area contributed by atoms with Gasteiger partial charge in [-0.25, -0.2) is 0 Å². The molecule has 0 unspecified atom stereocenters. The fraction of sp³-hybridized carbons (Fsp3) is 0.0233. The van der Waals surface area contributed by atoms with Crippen LogP contribution in [0.5, 0.6) is 0 Å². The van der Waals surface area contributed by atoms with Crippen LogP contribution >= 0.6 is 0 Å². The maximum atomic E-state index is 5.44. The zero-order valence-corrected chi connectivity index (χ0v) is 48.4. The van der Waals surface area contributed by atoms with Crippen LogP contribution in [0.2, 0.25) is 0 Å². The van der Waals surface area contributed by atoms with E-state index >= 15 is 0 Å². The van der Waals surface area contributed by atoms with Gasteiger partial charge < -0.3 is 0 Å². The van der Waals surface area contributed by atoms with Gasteiger partial charge in [-0.05, 0) is 194 Å². The molecule has 2 aromatic heterocycles. The average molecular weight is 1120 g/mol. The Balaban J connectivity index is 0.997. The third kappa shape index (κ3) is 8.64. The van der Waals surface area contributed by atoms with E-state index in [1.165, 1.54) is 66.8 Å². The summed E-state index contributed by atoms with van der Waals surface area (Å²) in [4.78, 5) is 10.9. The van der Waals surface area contributed by atoms with Crippen molar-refractivity contribution in [1.29, 1.82) is 0 Å². The Morgan fingerprint density at radius 1 is 0.205 bits per heavy atom. The second-order valence-corrected chi connectivity index (χ2v) is 23.1. The lowest BCUT2D eigenvalue weighted by molar-refractivity contribution is 0.734. The number of fused-ring (bicyclic) bond motifs is 6. The molecule has 14 aromatic rings. The Hall–Kier alpha value is -11.3.